The number of rotatable bonds is 3. The third-order valence-corrected chi connectivity index (χ3v) is 3.37. The van der Waals surface area contributed by atoms with Gasteiger partial charge in [-0.3, -0.25) is 9.59 Å². The minimum absolute atomic E-state index is 0.0979. The van der Waals surface area contributed by atoms with Gasteiger partial charge in [-0.15, -0.1) is 0 Å². The maximum absolute atomic E-state index is 12.0. The van der Waals surface area contributed by atoms with Gasteiger partial charge in [-0.25, -0.2) is 0 Å². The molecule has 1 aliphatic heterocycles. The predicted octanol–water partition coefficient (Wildman–Crippen LogP) is 0.920. The van der Waals surface area contributed by atoms with Crippen LogP contribution in [-0.4, -0.2) is 30.1 Å². The zero-order valence-electron chi connectivity index (χ0n) is 10.4. The number of hydrogen-bond donors (Lipinski definition) is 2. The Kier molecular flexibility index (Phi) is 4.15. The van der Waals surface area contributed by atoms with Crippen LogP contribution >= 0.6 is 0 Å². The van der Waals surface area contributed by atoms with Crippen LogP contribution < -0.4 is 10.9 Å². The summed E-state index contributed by atoms with van der Waals surface area (Å²) < 4.78 is 5.30. The van der Waals surface area contributed by atoms with Crippen molar-refractivity contribution in [3.05, 3.63) is 34.2 Å². The maximum atomic E-state index is 12.0. The van der Waals surface area contributed by atoms with Gasteiger partial charge in [0.1, 0.15) is 0 Å². The zero-order chi connectivity index (χ0) is 13.0. The Morgan fingerprint density at radius 2 is 2.22 bits per heavy atom. The van der Waals surface area contributed by atoms with Crippen LogP contribution in [-0.2, 0) is 4.74 Å². The van der Waals surface area contributed by atoms with E-state index in [1.807, 2.05) is 6.92 Å². The summed E-state index contributed by atoms with van der Waals surface area (Å²) in [5.74, 6) is 0.254. The van der Waals surface area contributed by atoms with Crippen LogP contribution in [0.25, 0.3) is 0 Å². The first-order valence-corrected chi connectivity index (χ1v) is 6.24. The van der Waals surface area contributed by atoms with Crippen molar-refractivity contribution in [3.8, 4) is 0 Å². The molecule has 1 aromatic heterocycles. The number of aromatic amines is 1. The second-order valence-electron chi connectivity index (χ2n) is 4.65. The number of amides is 1. The summed E-state index contributed by atoms with van der Waals surface area (Å²) in [6.07, 6.45) is 3.42. The highest BCUT2D eigenvalue weighted by Gasteiger charge is 2.22. The van der Waals surface area contributed by atoms with E-state index >= 15 is 0 Å². The fourth-order valence-corrected chi connectivity index (χ4v) is 2.21. The quantitative estimate of drug-likeness (QED) is 0.838. The van der Waals surface area contributed by atoms with Crippen molar-refractivity contribution >= 4 is 5.91 Å². The number of aromatic nitrogens is 1. The lowest BCUT2D eigenvalue weighted by atomic mass is 9.93. The molecule has 1 amide bonds. The smallest absolute Gasteiger partial charge is 0.251 e. The molecule has 5 heteroatoms. The summed E-state index contributed by atoms with van der Waals surface area (Å²) in [7, 11) is 0. The van der Waals surface area contributed by atoms with E-state index in [0.29, 0.717) is 11.5 Å². The fraction of sp³-hybridized carbons (Fsp3) is 0.538. The Labute approximate surface area is 106 Å². The molecular weight excluding hydrogens is 232 g/mol. The largest absolute Gasteiger partial charge is 0.381 e. The van der Waals surface area contributed by atoms with Gasteiger partial charge in [-0.05, 0) is 31.7 Å². The van der Waals surface area contributed by atoms with Gasteiger partial charge >= 0.3 is 0 Å². The van der Waals surface area contributed by atoms with E-state index in [4.69, 9.17) is 4.74 Å². The molecule has 1 saturated heterocycles. The van der Waals surface area contributed by atoms with E-state index in [1.54, 1.807) is 6.07 Å². The molecule has 1 atom stereocenters. The summed E-state index contributed by atoms with van der Waals surface area (Å²) >= 11 is 0. The molecule has 5 nitrogen and oxygen atoms in total. The van der Waals surface area contributed by atoms with Crippen LogP contribution in [0.2, 0.25) is 0 Å². The molecule has 2 N–H and O–H groups in total. The number of pyridine rings is 1. The van der Waals surface area contributed by atoms with Crippen molar-refractivity contribution in [3.63, 3.8) is 0 Å². The fourth-order valence-electron chi connectivity index (χ4n) is 2.21. The van der Waals surface area contributed by atoms with E-state index in [1.165, 1.54) is 12.3 Å². The van der Waals surface area contributed by atoms with E-state index in [9.17, 15) is 9.59 Å². The van der Waals surface area contributed by atoms with E-state index in [-0.39, 0.29) is 17.5 Å². The third kappa shape index (κ3) is 3.20. The first-order chi connectivity index (χ1) is 8.66. The van der Waals surface area contributed by atoms with Gasteiger partial charge in [-0.1, -0.05) is 0 Å². The van der Waals surface area contributed by atoms with Crippen molar-refractivity contribution in [2.45, 2.75) is 25.8 Å². The molecule has 1 aromatic rings. The van der Waals surface area contributed by atoms with Gasteiger partial charge in [0.2, 0.25) is 5.56 Å². The molecule has 2 rings (SSSR count). The predicted molar refractivity (Wildman–Crippen MR) is 67.5 cm³/mol. The first-order valence-electron chi connectivity index (χ1n) is 6.24. The van der Waals surface area contributed by atoms with Crippen molar-refractivity contribution < 1.29 is 9.53 Å². The second kappa shape index (κ2) is 5.82. The third-order valence-electron chi connectivity index (χ3n) is 3.37. The average Bonchev–Trinajstić information content (AvgIpc) is 2.39. The molecular formula is C13H18N2O3. The number of carbonyl (C=O) groups excluding carboxylic acids is 1. The Bertz CT molecular complexity index is 463. The van der Waals surface area contributed by atoms with Crippen LogP contribution in [0.5, 0.6) is 0 Å². The molecule has 98 valence electrons. The number of hydrogen-bond acceptors (Lipinski definition) is 3. The second-order valence-corrected chi connectivity index (χ2v) is 4.65. The maximum Gasteiger partial charge on any atom is 0.251 e. The summed E-state index contributed by atoms with van der Waals surface area (Å²) in [6, 6.07) is 3.01. The average molecular weight is 250 g/mol. The van der Waals surface area contributed by atoms with Gasteiger partial charge in [-0.2, -0.15) is 0 Å². The van der Waals surface area contributed by atoms with Crippen LogP contribution in [0.15, 0.2) is 23.1 Å². The molecule has 0 spiro atoms. The van der Waals surface area contributed by atoms with Crippen LogP contribution in [0, 0.1) is 5.92 Å². The van der Waals surface area contributed by atoms with E-state index in [0.717, 1.165) is 26.1 Å². The van der Waals surface area contributed by atoms with Crippen molar-refractivity contribution in [2.24, 2.45) is 5.92 Å². The lowest BCUT2D eigenvalue weighted by Gasteiger charge is -2.28. The molecule has 0 radical (unpaired) electrons. The van der Waals surface area contributed by atoms with Crippen LogP contribution in [0.3, 0.4) is 0 Å². The van der Waals surface area contributed by atoms with Crippen molar-refractivity contribution in [1.82, 2.24) is 10.3 Å². The van der Waals surface area contributed by atoms with Gasteiger partial charge in [0.05, 0.1) is 0 Å². The highest BCUT2D eigenvalue weighted by Crippen LogP contribution is 2.18. The van der Waals surface area contributed by atoms with Crippen molar-refractivity contribution in [1.29, 1.82) is 0 Å². The molecule has 0 aliphatic carbocycles. The van der Waals surface area contributed by atoms with Gasteiger partial charge in [0.25, 0.3) is 5.91 Å². The summed E-state index contributed by atoms with van der Waals surface area (Å²) in [6.45, 7) is 3.52. The SMILES string of the molecule is CC(NC(=O)c1cc[nH]c(=O)c1)C1CCOCC1. The molecule has 0 saturated carbocycles. The molecule has 2 heterocycles. The molecule has 0 aromatic carbocycles. The van der Waals surface area contributed by atoms with Gasteiger partial charge in [0.15, 0.2) is 0 Å². The molecule has 1 fully saturated rings. The number of H-pyrrole nitrogens is 1. The summed E-state index contributed by atoms with van der Waals surface area (Å²) in [5, 5.41) is 2.95. The zero-order valence-corrected chi connectivity index (χ0v) is 10.4. The number of ether oxygens (including phenoxy) is 1. The molecule has 1 aliphatic rings. The first kappa shape index (κ1) is 12.8. The Balaban J connectivity index is 1.96. The lowest BCUT2D eigenvalue weighted by Crippen LogP contribution is -2.40. The molecule has 1 unspecified atom stereocenters. The molecule has 18 heavy (non-hydrogen) atoms. The number of carbonyl (C=O) groups is 1. The lowest BCUT2D eigenvalue weighted by molar-refractivity contribution is 0.0538. The topological polar surface area (TPSA) is 71.2 Å². The minimum atomic E-state index is -0.263. The Hall–Kier alpha value is -1.62. The van der Waals surface area contributed by atoms with E-state index < -0.39 is 0 Å². The highest BCUT2D eigenvalue weighted by atomic mass is 16.5. The van der Waals surface area contributed by atoms with E-state index in [2.05, 4.69) is 10.3 Å². The Morgan fingerprint density at radius 1 is 1.50 bits per heavy atom. The van der Waals surface area contributed by atoms with Crippen LogP contribution in [0.4, 0.5) is 0 Å². The standard InChI is InChI=1S/C13H18N2O3/c1-9(10-3-6-18-7-4-10)15-13(17)11-2-5-14-12(16)8-11/h2,5,8-10H,3-4,6-7H2,1H3,(H,14,16)(H,15,17). The summed E-state index contributed by atoms with van der Waals surface area (Å²) in [5.41, 5.74) is 0.138. The monoisotopic (exact) mass is 250 g/mol. The highest BCUT2D eigenvalue weighted by molar-refractivity contribution is 5.94. The Morgan fingerprint density at radius 3 is 2.89 bits per heavy atom. The number of nitrogens with one attached hydrogen (secondary N) is 2. The van der Waals surface area contributed by atoms with Crippen molar-refractivity contribution in [2.75, 3.05) is 13.2 Å². The normalized spacial score (nSPS) is 18.3. The van der Waals surface area contributed by atoms with Gasteiger partial charge in [0, 0.05) is 37.1 Å². The molecule has 0 bridgehead atoms. The minimum Gasteiger partial charge on any atom is -0.381 e. The van der Waals surface area contributed by atoms with Gasteiger partial charge < -0.3 is 15.0 Å². The van der Waals surface area contributed by atoms with Crippen LogP contribution in [0.1, 0.15) is 30.1 Å². The summed E-state index contributed by atoms with van der Waals surface area (Å²) in [4.78, 5) is 25.6.